The molecule has 4 nitrogen and oxygen atoms in total. The van der Waals surface area contributed by atoms with Crippen molar-refractivity contribution in [2.75, 3.05) is 6.54 Å². The number of carbonyl (C=O) groups is 1. The van der Waals surface area contributed by atoms with E-state index in [9.17, 15) is 9.90 Å². The Morgan fingerprint density at radius 1 is 1.11 bits per heavy atom. The van der Waals surface area contributed by atoms with E-state index < -0.39 is 5.97 Å². The summed E-state index contributed by atoms with van der Waals surface area (Å²) in [6.07, 6.45) is 9.07. The molecule has 1 saturated heterocycles. The Kier molecular flexibility index (Phi) is 9.49. The van der Waals surface area contributed by atoms with Gasteiger partial charge < -0.3 is 9.90 Å². The molecule has 1 aliphatic heterocycles. The quantitative estimate of drug-likeness (QED) is 0.470. The van der Waals surface area contributed by atoms with Crippen LogP contribution in [0.3, 0.4) is 0 Å². The standard InChI is InChI=1S/C22H28N2O2.Na/c25-21(26)12-6-2-5-11-20-13-15-24(17-18-8-7-14-23-16-18)22(20)19-9-3-1-4-10-19;/h1,3-4,7-10,14,16,20,22H,2,5-6,11-13,15,17H2,(H,25,26);/q;+1/p-1/t20-,22-;/m1./s1. The zero-order chi connectivity index (χ0) is 18.2. The zero-order valence-electron chi connectivity index (χ0n) is 16.2. The monoisotopic (exact) mass is 374 g/mol. The van der Waals surface area contributed by atoms with Gasteiger partial charge in [-0.25, -0.2) is 0 Å². The molecule has 1 aliphatic rings. The van der Waals surface area contributed by atoms with Crippen molar-refractivity contribution in [2.24, 2.45) is 5.92 Å². The topological polar surface area (TPSA) is 56.3 Å². The van der Waals surface area contributed by atoms with Gasteiger partial charge in [-0.05, 0) is 55.3 Å². The van der Waals surface area contributed by atoms with Gasteiger partial charge in [-0.2, -0.15) is 0 Å². The summed E-state index contributed by atoms with van der Waals surface area (Å²) in [6.45, 7) is 2.02. The molecule has 0 bridgehead atoms. The molecule has 0 radical (unpaired) electrons. The van der Waals surface area contributed by atoms with Crippen molar-refractivity contribution in [2.45, 2.75) is 51.1 Å². The first-order valence-corrected chi connectivity index (χ1v) is 9.62. The number of hydrogen-bond donors (Lipinski definition) is 0. The minimum atomic E-state index is -0.935. The summed E-state index contributed by atoms with van der Waals surface area (Å²) in [5.74, 6) is -0.312. The van der Waals surface area contributed by atoms with Gasteiger partial charge in [0.05, 0.1) is 0 Å². The number of unbranched alkanes of at least 4 members (excludes halogenated alkanes) is 2. The van der Waals surface area contributed by atoms with E-state index in [4.69, 9.17) is 0 Å². The van der Waals surface area contributed by atoms with E-state index in [2.05, 4.69) is 46.3 Å². The average molecular weight is 374 g/mol. The summed E-state index contributed by atoms with van der Waals surface area (Å²) >= 11 is 0. The number of hydrogen-bond acceptors (Lipinski definition) is 4. The van der Waals surface area contributed by atoms with Crippen LogP contribution < -0.4 is 34.7 Å². The van der Waals surface area contributed by atoms with Crippen molar-refractivity contribution < 1.29 is 39.5 Å². The van der Waals surface area contributed by atoms with Crippen molar-refractivity contribution >= 4 is 5.97 Å². The molecule has 2 atom stereocenters. The fraction of sp³-hybridized carbons (Fsp3) is 0.455. The van der Waals surface area contributed by atoms with Crippen LogP contribution in [0.5, 0.6) is 0 Å². The van der Waals surface area contributed by atoms with Crippen LogP contribution in [0.1, 0.15) is 55.7 Å². The second-order valence-electron chi connectivity index (χ2n) is 7.21. The zero-order valence-corrected chi connectivity index (χ0v) is 18.2. The van der Waals surface area contributed by atoms with E-state index in [0.29, 0.717) is 12.0 Å². The predicted octanol–water partition coefficient (Wildman–Crippen LogP) is 0.349. The van der Waals surface area contributed by atoms with Crippen LogP contribution in [0.2, 0.25) is 0 Å². The van der Waals surface area contributed by atoms with Crippen LogP contribution in [0, 0.1) is 5.92 Å². The first-order valence-electron chi connectivity index (χ1n) is 9.62. The number of carboxylic acids is 1. The molecule has 0 N–H and O–H groups in total. The average Bonchev–Trinajstić information content (AvgIpc) is 3.05. The van der Waals surface area contributed by atoms with Gasteiger partial charge in [0.1, 0.15) is 0 Å². The van der Waals surface area contributed by atoms with Gasteiger partial charge >= 0.3 is 29.6 Å². The summed E-state index contributed by atoms with van der Waals surface area (Å²) in [7, 11) is 0. The molecule has 2 aromatic rings. The molecule has 1 aromatic heterocycles. The second kappa shape index (κ2) is 11.6. The summed E-state index contributed by atoms with van der Waals surface area (Å²) in [5.41, 5.74) is 2.64. The maximum absolute atomic E-state index is 10.5. The number of aromatic nitrogens is 1. The van der Waals surface area contributed by atoms with Gasteiger partial charge in [0.25, 0.3) is 0 Å². The van der Waals surface area contributed by atoms with Gasteiger partial charge in [-0.3, -0.25) is 9.88 Å². The molecule has 0 saturated carbocycles. The number of benzene rings is 1. The minimum absolute atomic E-state index is 0. The van der Waals surface area contributed by atoms with Crippen LogP contribution in [0.25, 0.3) is 0 Å². The van der Waals surface area contributed by atoms with Crippen LogP contribution >= 0.6 is 0 Å². The molecular weight excluding hydrogens is 347 g/mol. The van der Waals surface area contributed by atoms with Crippen molar-refractivity contribution in [3.8, 4) is 0 Å². The summed E-state index contributed by atoms with van der Waals surface area (Å²) in [4.78, 5) is 17.4. The number of pyridine rings is 1. The Morgan fingerprint density at radius 2 is 1.93 bits per heavy atom. The second-order valence-corrected chi connectivity index (χ2v) is 7.21. The molecule has 27 heavy (non-hydrogen) atoms. The Morgan fingerprint density at radius 3 is 2.63 bits per heavy atom. The van der Waals surface area contributed by atoms with Crippen molar-refractivity contribution in [3.05, 3.63) is 66.0 Å². The molecule has 0 spiro atoms. The van der Waals surface area contributed by atoms with Crippen molar-refractivity contribution in [1.29, 1.82) is 0 Å². The number of rotatable bonds is 9. The van der Waals surface area contributed by atoms with Gasteiger partial charge in [-0.15, -0.1) is 0 Å². The number of carboxylic acid groups (broad SMARTS) is 1. The largest absolute Gasteiger partial charge is 1.00 e. The Hall–Kier alpha value is -1.20. The molecule has 1 fully saturated rings. The third-order valence-electron chi connectivity index (χ3n) is 5.33. The van der Waals surface area contributed by atoms with Crippen LogP contribution in [0.15, 0.2) is 54.9 Å². The smallest absolute Gasteiger partial charge is 0.550 e. The molecule has 138 valence electrons. The third kappa shape index (κ3) is 6.72. The normalized spacial score (nSPS) is 19.6. The third-order valence-corrected chi connectivity index (χ3v) is 5.33. The minimum Gasteiger partial charge on any atom is -0.550 e. The van der Waals surface area contributed by atoms with E-state index in [1.165, 1.54) is 17.5 Å². The van der Waals surface area contributed by atoms with Gasteiger partial charge in [-0.1, -0.05) is 49.2 Å². The predicted molar refractivity (Wildman–Crippen MR) is 100 cm³/mol. The van der Waals surface area contributed by atoms with Crippen LogP contribution in [0.4, 0.5) is 0 Å². The van der Waals surface area contributed by atoms with Gasteiger partial charge in [0.2, 0.25) is 0 Å². The first-order chi connectivity index (χ1) is 12.7. The van der Waals surface area contributed by atoms with E-state index in [1.807, 2.05) is 18.5 Å². The molecule has 3 rings (SSSR count). The molecule has 0 aliphatic carbocycles. The summed E-state index contributed by atoms with van der Waals surface area (Å²) in [6, 6.07) is 15.3. The van der Waals surface area contributed by atoms with E-state index >= 15 is 0 Å². The van der Waals surface area contributed by atoms with E-state index in [1.54, 1.807) is 0 Å². The number of likely N-dealkylation sites (tertiary alicyclic amines) is 1. The van der Waals surface area contributed by atoms with Crippen molar-refractivity contribution in [1.82, 2.24) is 9.88 Å². The molecule has 0 unspecified atom stereocenters. The number of carbonyl (C=O) groups excluding carboxylic acids is 1. The maximum atomic E-state index is 10.5. The molecular formula is C22H27N2NaO2. The molecule has 2 heterocycles. The fourth-order valence-corrected chi connectivity index (χ4v) is 4.12. The SMILES string of the molecule is O=C([O-])CCCCC[C@@H]1CCN(Cc2cccnc2)[C@@H]1c1ccccc1.[Na+]. The molecule has 5 heteroatoms. The van der Waals surface area contributed by atoms with Gasteiger partial charge in [0, 0.05) is 30.9 Å². The van der Waals surface area contributed by atoms with E-state index in [0.717, 1.165) is 38.8 Å². The van der Waals surface area contributed by atoms with Crippen molar-refractivity contribution in [3.63, 3.8) is 0 Å². The fourth-order valence-electron chi connectivity index (χ4n) is 4.12. The maximum Gasteiger partial charge on any atom is 1.00 e. The Bertz CT molecular complexity index is 681. The van der Waals surface area contributed by atoms with Crippen LogP contribution in [-0.2, 0) is 11.3 Å². The summed E-state index contributed by atoms with van der Waals surface area (Å²) in [5, 5.41) is 10.5. The Balaban J connectivity index is 0.00000261. The number of aliphatic carboxylic acids is 1. The van der Waals surface area contributed by atoms with Gasteiger partial charge in [0.15, 0.2) is 0 Å². The number of nitrogens with zero attached hydrogens (tertiary/aromatic N) is 2. The summed E-state index contributed by atoms with van der Waals surface area (Å²) < 4.78 is 0. The Labute approximate surface area is 184 Å². The van der Waals surface area contributed by atoms with Crippen LogP contribution in [-0.4, -0.2) is 22.4 Å². The van der Waals surface area contributed by atoms with E-state index in [-0.39, 0.29) is 36.0 Å². The molecule has 1 aromatic carbocycles. The first kappa shape index (κ1) is 22.1. The molecule has 0 amide bonds.